The number of anilines is 1. The van der Waals surface area contributed by atoms with Crippen molar-refractivity contribution in [2.45, 2.75) is 6.61 Å². The molecule has 0 aliphatic rings. The molecule has 3 rings (SSSR count). The fourth-order valence-corrected chi connectivity index (χ4v) is 3.56. The van der Waals surface area contributed by atoms with Crippen LogP contribution in [0.25, 0.3) is 0 Å². The van der Waals surface area contributed by atoms with Crippen molar-refractivity contribution in [3.63, 3.8) is 0 Å². The van der Waals surface area contributed by atoms with Crippen molar-refractivity contribution in [1.29, 1.82) is 0 Å². The molecule has 2 aromatic carbocycles. The van der Waals surface area contributed by atoms with E-state index in [1.54, 1.807) is 13.3 Å². The largest absolute Gasteiger partial charge is 0.493 e. The highest BCUT2D eigenvalue weighted by atomic mass is 127. The first kappa shape index (κ1) is 22.2. The standard InChI is InChI=1S/C20H16I2N4O4/c1-29-18-9-14(10-24-25-19-7-6-16(11-23-19)26(27)28)8-17(22)20(18)30-12-13-2-4-15(21)5-3-13/h2-11H,12H2,1H3,(H,23,25)/b24-10+. The van der Waals surface area contributed by atoms with Gasteiger partial charge in [0.1, 0.15) is 18.6 Å². The Morgan fingerprint density at radius 1 is 1.20 bits per heavy atom. The molecule has 0 aliphatic carbocycles. The lowest BCUT2D eigenvalue weighted by Gasteiger charge is -2.13. The number of nitrogens with one attached hydrogen (secondary N) is 1. The molecular formula is C20H16I2N4O4. The second-order valence-electron chi connectivity index (χ2n) is 5.98. The van der Waals surface area contributed by atoms with Crippen molar-refractivity contribution in [2.24, 2.45) is 5.10 Å². The smallest absolute Gasteiger partial charge is 0.287 e. The summed E-state index contributed by atoms with van der Waals surface area (Å²) >= 11 is 4.46. The molecule has 0 saturated carbocycles. The maximum absolute atomic E-state index is 10.7. The summed E-state index contributed by atoms with van der Waals surface area (Å²) in [6.07, 6.45) is 2.78. The van der Waals surface area contributed by atoms with Crippen molar-refractivity contribution < 1.29 is 14.4 Å². The third kappa shape index (κ3) is 6.01. The lowest BCUT2D eigenvalue weighted by Crippen LogP contribution is -2.01. The van der Waals surface area contributed by atoms with E-state index in [2.05, 4.69) is 60.7 Å². The summed E-state index contributed by atoms with van der Waals surface area (Å²) in [5, 5.41) is 14.8. The molecular weight excluding hydrogens is 614 g/mol. The molecule has 8 nitrogen and oxygen atoms in total. The molecule has 0 aliphatic heterocycles. The molecule has 0 spiro atoms. The maximum Gasteiger partial charge on any atom is 0.287 e. The maximum atomic E-state index is 10.7. The second-order valence-corrected chi connectivity index (χ2v) is 8.39. The number of benzene rings is 2. The number of halogens is 2. The number of hydrogen-bond acceptors (Lipinski definition) is 7. The molecule has 0 unspecified atom stereocenters. The monoisotopic (exact) mass is 630 g/mol. The molecule has 0 saturated heterocycles. The molecule has 154 valence electrons. The number of hydrogen-bond donors (Lipinski definition) is 1. The first-order chi connectivity index (χ1) is 14.5. The molecule has 3 aromatic rings. The van der Waals surface area contributed by atoms with Crippen LogP contribution in [0.4, 0.5) is 11.5 Å². The normalized spacial score (nSPS) is 10.8. The Hall–Kier alpha value is -2.48. The Morgan fingerprint density at radius 3 is 2.60 bits per heavy atom. The summed E-state index contributed by atoms with van der Waals surface area (Å²) in [5.74, 6) is 1.66. The number of pyridine rings is 1. The lowest BCUT2D eigenvalue weighted by molar-refractivity contribution is -0.385. The van der Waals surface area contributed by atoms with Crippen molar-refractivity contribution in [1.82, 2.24) is 4.98 Å². The number of hydrazone groups is 1. The Labute approximate surface area is 200 Å². The minimum absolute atomic E-state index is 0.0790. The number of nitro groups is 1. The quantitative estimate of drug-likeness (QED) is 0.159. The van der Waals surface area contributed by atoms with E-state index in [0.29, 0.717) is 23.9 Å². The predicted molar refractivity (Wildman–Crippen MR) is 131 cm³/mol. The van der Waals surface area contributed by atoms with Gasteiger partial charge in [0.15, 0.2) is 11.5 Å². The molecule has 0 amide bonds. The number of aromatic nitrogens is 1. The van der Waals surface area contributed by atoms with Gasteiger partial charge in [0, 0.05) is 9.64 Å². The highest BCUT2D eigenvalue weighted by molar-refractivity contribution is 14.1. The van der Waals surface area contributed by atoms with E-state index in [-0.39, 0.29) is 5.69 Å². The predicted octanol–water partition coefficient (Wildman–Crippen LogP) is 5.23. The van der Waals surface area contributed by atoms with E-state index in [1.807, 2.05) is 36.4 Å². The van der Waals surface area contributed by atoms with E-state index in [4.69, 9.17) is 9.47 Å². The summed E-state index contributed by atoms with van der Waals surface area (Å²) in [7, 11) is 1.59. The Kier molecular flexibility index (Phi) is 7.79. The number of nitrogens with zero attached hydrogens (tertiary/aromatic N) is 3. The molecule has 0 atom stereocenters. The molecule has 10 heteroatoms. The molecule has 1 aromatic heterocycles. The van der Waals surface area contributed by atoms with E-state index < -0.39 is 4.92 Å². The lowest BCUT2D eigenvalue weighted by atomic mass is 10.2. The van der Waals surface area contributed by atoms with E-state index in [0.717, 1.165) is 14.7 Å². The first-order valence-electron chi connectivity index (χ1n) is 8.60. The van der Waals surface area contributed by atoms with Crippen LogP contribution in [0.1, 0.15) is 11.1 Å². The van der Waals surface area contributed by atoms with E-state index >= 15 is 0 Å². The highest BCUT2D eigenvalue weighted by Gasteiger charge is 2.12. The van der Waals surface area contributed by atoms with Crippen molar-refractivity contribution in [3.05, 3.63) is 83.1 Å². The molecule has 0 fully saturated rings. The fourth-order valence-electron chi connectivity index (χ4n) is 2.42. The number of ether oxygens (including phenoxy) is 2. The fraction of sp³-hybridized carbons (Fsp3) is 0.100. The van der Waals surface area contributed by atoms with Crippen LogP contribution < -0.4 is 14.9 Å². The summed E-state index contributed by atoms with van der Waals surface area (Å²) in [6, 6.07) is 14.7. The number of methoxy groups -OCH3 is 1. The van der Waals surface area contributed by atoms with Crippen LogP contribution in [-0.4, -0.2) is 23.2 Å². The van der Waals surface area contributed by atoms with Crippen LogP contribution in [-0.2, 0) is 6.61 Å². The van der Waals surface area contributed by atoms with Crippen LogP contribution >= 0.6 is 45.2 Å². The van der Waals surface area contributed by atoms with Gasteiger partial charge in [-0.1, -0.05) is 12.1 Å². The summed E-state index contributed by atoms with van der Waals surface area (Å²) in [4.78, 5) is 14.1. The van der Waals surface area contributed by atoms with Gasteiger partial charge in [-0.25, -0.2) is 4.98 Å². The Bertz CT molecular complexity index is 1060. The van der Waals surface area contributed by atoms with Gasteiger partial charge in [-0.15, -0.1) is 0 Å². The van der Waals surface area contributed by atoms with Crippen LogP contribution in [0.3, 0.4) is 0 Å². The Balaban J connectivity index is 1.68. The van der Waals surface area contributed by atoms with Crippen LogP contribution in [0.5, 0.6) is 11.5 Å². The molecule has 0 bridgehead atoms. The topological polar surface area (TPSA) is 98.9 Å². The van der Waals surface area contributed by atoms with Gasteiger partial charge >= 0.3 is 0 Å². The van der Waals surface area contributed by atoms with Gasteiger partial charge in [-0.2, -0.15) is 5.10 Å². The van der Waals surface area contributed by atoms with Gasteiger partial charge in [-0.05, 0) is 86.6 Å². The van der Waals surface area contributed by atoms with Crippen LogP contribution in [0.2, 0.25) is 0 Å². The second kappa shape index (κ2) is 10.5. The van der Waals surface area contributed by atoms with E-state index in [9.17, 15) is 10.1 Å². The van der Waals surface area contributed by atoms with Crippen molar-refractivity contribution in [3.8, 4) is 11.5 Å². The van der Waals surface area contributed by atoms with Gasteiger partial charge in [0.25, 0.3) is 5.69 Å². The molecule has 0 radical (unpaired) electrons. The first-order valence-corrected chi connectivity index (χ1v) is 10.8. The van der Waals surface area contributed by atoms with Gasteiger partial charge < -0.3 is 9.47 Å². The number of rotatable bonds is 8. The summed E-state index contributed by atoms with van der Waals surface area (Å²) in [5.41, 5.74) is 4.53. The molecule has 1 heterocycles. The molecule has 1 N–H and O–H groups in total. The van der Waals surface area contributed by atoms with Crippen molar-refractivity contribution in [2.75, 3.05) is 12.5 Å². The SMILES string of the molecule is COc1cc(/C=N/Nc2ccc([N+](=O)[O-])cn2)cc(I)c1OCc1ccc(I)cc1. The molecule has 30 heavy (non-hydrogen) atoms. The summed E-state index contributed by atoms with van der Waals surface area (Å²) in [6.45, 7) is 0.435. The van der Waals surface area contributed by atoms with Gasteiger partial charge in [0.2, 0.25) is 0 Å². The van der Waals surface area contributed by atoms with Gasteiger partial charge in [-0.3, -0.25) is 15.5 Å². The zero-order valence-electron chi connectivity index (χ0n) is 15.7. The van der Waals surface area contributed by atoms with Crippen LogP contribution in [0, 0.1) is 17.3 Å². The summed E-state index contributed by atoms with van der Waals surface area (Å²) < 4.78 is 13.5. The third-order valence-electron chi connectivity index (χ3n) is 3.90. The van der Waals surface area contributed by atoms with Gasteiger partial charge in [0.05, 0.1) is 21.8 Å². The minimum Gasteiger partial charge on any atom is -0.493 e. The minimum atomic E-state index is -0.504. The highest BCUT2D eigenvalue weighted by Crippen LogP contribution is 2.34. The zero-order chi connectivity index (χ0) is 21.5. The average Bonchev–Trinajstić information content (AvgIpc) is 2.74. The van der Waals surface area contributed by atoms with Crippen molar-refractivity contribution >= 4 is 62.9 Å². The Morgan fingerprint density at radius 2 is 1.97 bits per heavy atom. The zero-order valence-corrected chi connectivity index (χ0v) is 20.0. The third-order valence-corrected chi connectivity index (χ3v) is 5.42. The van der Waals surface area contributed by atoms with E-state index in [1.165, 1.54) is 21.9 Å². The average molecular weight is 630 g/mol. The van der Waals surface area contributed by atoms with Crippen LogP contribution in [0.15, 0.2) is 59.8 Å².